The van der Waals surface area contributed by atoms with Gasteiger partial charge in [-0.2, -0.15) is 5.06 Å². The molecule has 1 saturated heterocycles. The van der Waals surface area contributed by atoms with Gasteiger partial charge in [-0.15, -0.1) is 0 Å². The Hall–Kier alpha value is -1.39. The predicted octanol–water partition coefficient (Wildman–Crippen LogP) is 4.57. The fourth-order valence-corrected chi connectivity index (χ4v) is 3.61. The van der Waals surface area contributed by atoms with Crippen LogP contribution in [0.3, 0.4) is 0 Å². The molecule has 1 aromatic carbocycles. The van der Waals surface area contributed by atoms with Crippen LogP contribution in [-0.2, 0) is 9.63 Å². The number of hydroxylamine groups is 2. The highest BCUT2D eigenvalue weighted by Crippen LogP contribution is 2.40. The molecular weight excluding hydrogens is 312 g/mol. The Labute approximate surface area is 153 Å². The normalized spacial score (nSPS) is 25.9. The molecule has 1 aromatic rings. The Bertz CT molecular complexity index is 606. The molecule has 0 radical (unpaired) electrons. The van der Waals surface area contributed by atoms with Gasteiger partial charge in [-0.25, -0.2) is 0 Å². The summed E-state index contributed by atoms with van der Waals surface area (Å²) >= 11 is 0. The first kappa shape index (κ1) is 19.9. The van der Waals surface area contributed by atoms with E-state index in [0.29, 0.717) is 13.0 Å². The summed E-state index contributed by atoms with van der Waals surface area (Å²) < 4.78 is 0. The molecule has 1 heterocycles. The molecule has 0 saturated carbocycles. The summed E-state index contributed by atoms with van der Waals surface area (Å²) in [5, 5.41) is 1.96. The number of carbonyl (C=O) groups excluding carboxylic acids is 1. The molecule has 4 heteroatoms. The molecule has 1 aliphatic rings. The van der Waals surface area contributed by atoms with Crippen LogP contribution in [0, 0.1) is 0 Å². The molecule has 1 fully saturated rings. The average Bonchev–Trinajstić information content (AvgIpc) is 2.54. The van der Waals surface area contributed by atoms with Gasteiger partial charge in [0.05, 0.1) is 5.54 Å². The van der Waals surface area contributed by atoms with Crippen molar-refractivity contribution in [2.45, 2.75) is 84.5 Å². The van der Waals surface area contributed by atoms with E-state index in [-0.39, 0.29) is 23.1 Å². The Kier molecular flexibility index (Phi) is 5.36. The Morgan fingerprint density at radius 2 is 1.72 bits per heavy atom. The van der Waals surface area contributed by atoms with Crippen molar-refractivity contribution in [1.82, 2.24) is 9.96 Å². The van der Waals surface area contributed by atoms with Gasteiger partial charge in [-0.05, 0) is 60.5 Å². The molecule has 0 N–H and O–H groups in total. The van der Waals surface area contributed by atoms with Crippen LogP contribution in [-0.4, -0.2) is 39.0 Å². The van der Waals surface area contributed by atoms with E-state index in [1.54, 1.807) is 0 Å². The first-order chi connectivity index (χ1) is 11.4. The third kappa shape index (κ3) is 3.75. The number of nitrogens with zero attached hydrogens (tertiary/aromatic N) is 2. The van der Waals surface area contributed by atoms with Gasteiger partial charge in [0, 0.05) is 12.1 Å². The molecular formula is C21H34N2O2. The summed E-state index contributed by atoms with van der Waals surface area (Å²) in [5.41, 5.74) is -0.0583. The van der Waals surface area contributed by atoms with Crippen molar-refractivity contribution in [2.24, 2.45) is 0 Å². The van der Waals surface area contributed by atoms with Crippen LogP contribution >= 0.6 is 0 Å². The molecule has 0 aliphatic carbocycles. The van der Waals surface area contributed by atoms with Crippen molar-refractivity contribution in [2.75, 3.05) is 6.54 Å². The van der Waals surface area contributed by atoms with Gasteiger partial charge in [-0.3, -0.25) is 9.63 Å². The molecule has 0 spiro atoms. The van der Waals surface area contributed by atoms with Gasteiger partial charge in [0.15, 0.2) is 0 Å². The predicted molar refractivity (Wildman–Crippen MR) is 102 cm³/mol. The summed E-state index contributed by atoms with van der Waals surface area (Å²) in [6.45, 7) is 17.4. The molecule has 0 bridgehead atoms. The molecule has 1 aliphatic heterocycles. The fourth-order valence-electron chi connectivity index (χ4n) is 3.61. The van der Waals surface area contributed by atoms with E-state index < -0.39 is 5.54 Å². The quantitative estimate of drug-likeness (QED) is 0.800. The number of rotatable bonds is 4. The standard InChI is InChI=1S/C21H34N2O2/c1-9-21(8)18(24)22(19(3,4)5)15-20(6,7)23(21)25-16(2)17-13-11-10-12-14-17/h10-14,16H,9,15H2,1-8H3. The molecule has 0 aromatic heterocycles. The summed E-state index contributed by atoms with van der Waals surface area (Å²) in [7, 11) is 0. The Balaban J connectivity index is 2.37. The smallest absolute Gasteiger partial charge is 0.245 e. The maximum atomic E-state index is 13.3. The molecule has 2 atom stereocenters. The van der Waals surface area contributed by atoms with E-state index in [1.807, 2.05) is 42.0 Å². The minimum atomic E-state index is -0.682. The van der Waals surface area contributed by atoms with Gasteiger partial charge < -0.3 is 4.90 Å². The molecule has 1 amide bonds. The van der Waals surface area contributed by atoms with Crippen molar-refractivity contribution in [3.8, 4) is 0 Å². The first-order valence-corrected chi connectivity index (χ1v) is 9.27. The number of piperazine rings is 1. The zero-order valence-electron chi connectivity index (χ0n) is 17.1. The zero-order valence-corrected chi connectivity index (χ0v) is 17.1. The lowest BCUT2D eigenvalue weighted by molar-refractivity contribution is -0.307. The lowest BCUT2D eigenvalue weighted by Crippen LogP contribution is -2.74. The van der Waals surface area contributed by atoms with Gasteiger partial charge in [0.2, 0.25) is 5.91 Å². The number of amides is 1. The van der Waals surface area contributed by atoms with E-state index in [0.717, 1.165) is 5.56 Å². The highest BCUT2D eigenvalue weighted by atomic mass is 16.7. The van der Waals surface area contributed by atoms with Crippen LogP contribution in [0.25, 0.3) is 0 Å². The van der Waals surface area contributed by atoms with Gasteiger partial charge in [0.25, 0.3) is 0 Å². The fraction of sp³-hybridized carbons (Fsp3) is 0.667. The van der Waals surface area contributed by atoms with Crippen molar-refractivity contribution < 1.29 is 9.63 Å². The maximum absolute atomic E-state index is 13.3. The van der Waals surface area contributed by atoms with Crippen LogP contribution in [0.2, 0.25) is 0 Å². The molecule has 140 valence electrons. The van der Waals surface area contributed by atoms with Crippen LogP contribution < -0.4 is 0 Å². The number of hydrogen-bond acceptors (Lipinski definition) is 3. The maximum Gasteiger partial charge on any atom is 0.245 e. The van der Waals surface area contributed by atoms with Crippen molar-refractivity contribution in [1.29, 1.82) is 0 Å². The van der Waals surface area contributed by atoms with Crippen LogP contribution in [0.4, 0.5) is 0 Å². The number of hydrogen-bond donors (Lipinski definition) is 0. The highest BCUT2D eigenvalue weighted by Gasteiger charge is 2.55. The second kappa shape index (κ2) is 6.73. The second-order valence-corrected chi connectivity index (χ2v) is 8.95. The van der Waals surface area contributed by atoms with Gasteiger partial charge in [0.1, 0.15) is 11.6 Å². The van der Waals surface area contributed by atoms with E-state index in [9.17, 15) is 4.79 Å². The van der Waals surface area contributed by atoms with Crippen LogP contribution in [0.15, 0.2) is 30.3 Å². The Morgan fingerprint density at radius 3 is 2.20 bits per heavy atom. The highest BCUT2D eigenvalue weighted by molar-refractivity contribution is 5.87. The lowest BCUT2D eigenvalue weighted by atomic mass is 9.83. The second-order valence-electron chi connectivity index (χ2n) is 8.95. The topological polar surface area (TPSA) is 32.8 Å². The number of carbonyl (C=O) groups is 1. The van der Waals surface area contributed by atoms with Gasteiger partial charge in [-0.1, -0.05) is 37.3 Å². The monoisotopic (exact) mass is 346 g/mol. The van der Waals surface area contributed by atoms with Crippen LogP contribution in [0.1, 0.15) is 73.5 Å². The van der Waals surface area contributed by atoms with Crippen molar-refractivity contribution in [3.05, 3.63) is 35.9 Å². The minimum absolute atomic E-state index is 0.111. The molecule has 4 nitrogen and oxygen atoms in total. The van der Waals surface area contributed by atoms with Crippen LogP contribution in [0.5, 0.6) is 0 Å². The summed E-state index contributed by atoms with van der Waals surface area (Å²) in [5.74, 6) is 0.141. The molecule has 2 rings (SSSR count). The van der Waals surface area contributed by atoms with E-state index in [2.05, 4.69) is 53.7 Å². The average molecular weight is 347 g/mol. The van der Waals surface area contributed by atoms with Gasteiger partial charge >= 0.3 is 0 Å². The summed E-state index contributed by atoms with van der Waals surface area (Å²) in [4.78, 5) is 21.8. The van der Waals surface area contributed by atoms with Crippen molar-refractivity contribution >= 4 is 5.91 Å². The minimum Gasteiger partial charge on any atom is -0.334 e. The van der Waals surface area contributed by atoms with E-state index in [4.69, 9.17) is 4.84 Å². The Morgan fingerprint density at radius 1 is 1.16 bits per heavy atom. The summed E-state index contributed by atoms with van der Waals surface area (Å²) in [6, 6.07) is 10.2. The SMILES string of the molecule is CCC1(C)C(=O)N(C(C)(C)C)CC(C)(C)N1OC(C)c1ccccc1. The number of benzene rings is 1. The van der Waals surface area contributed by atoms with E-state index >= 15 is 0 Å². The lowest BCUT2D eigenvalue weighted by Gasteiger charge is -2.58. The third-order valence-corrected chi connectivity index (χ3v) is 5.28. The summed E-state index contributed by atoms with van der Waals surface area (Å²) in [6.07, 6.45) is 0.587. The molecule has 25 heavy (non-hydrogen) atoms. The van der Waals surface area contributed by atoms with E-state index in [1.165, 1.54) is 0 Å². The van der Waals surface area contributed by atoms with Crippen molar-refractivity contribution in [3.63, 3.8) is 0 Å². The molecule has 2 unspecified atom stereocenters. The largest absolute Gasteiger partial charge is 0.334 e. The zero-order chi connectivity index (χ0) is 19.0. The first-order valence-electron chi connectivity index (χ1n) is 9.27. The third-order valence-electron chi connectivity index (χ3n) is 5.28.